The summed E-state index contributed by atoms with van der Waals surface area (Å²) in [6, 6.07) is 10.1. The number of ether oxygens (including phenoxy) is 2. The first kappa shape index (κ1) is 39.3. The average molecular weight is 780 g/mol. The van der Waals surface area contributed by atoms with E-state index in [0.717, 1.165) is 0 Å². The van der Waals surface area contributed by atoms with Crippen LogP contribution in [-0.4, -0.2) is 104 Å². The number of rotatable bonds is 12. The van der Waals surface area contributed by atoms with Crippen molar-refractivity contribution in [2.24, 2.45) is 16.8 Å². The van der Waals surface area contributed by atoms with Crippen LogP contribution < -0.4 is 10.6 Å². The van der Waals surface area contributed by atoms with Crippen molar-refractivity contribution in [3.05, 3.63) is 90.5 Å². The third kappa shape index (κ3) is 8.63. The van der Waals surface area contributed by atoms with E-state index < -0.39 is 46.0 Å². The third-order valence-corrected chi connectivity index (χ3v) is 11.7. The van der Waals surface area contributed by atoms with Gasteiger partial charge in [-0.25, -0.2) is 9.59 Å². The molecule has 4 aliphatic rings. The number of likely N-dealkylation sites (tertiary alicyclic amines) is 1. The zero-order chi connectivity index (χ0) is 39.6. The smallest absolute Gasteiger partial charge is 0.412 e. The van der Waals surface area contributed by atoms with Crippen LogP contribution in [0.3, 0.4) is 0 Å². The molecule has 0 spiro atoms. The number of amides is 3. The van der Waals surface area contributed by atoms with E-state index in [1.54, 1.807) is 18.7 Å². The second-order valence-corrected chi connectivity index (χ2v) is 15.3. The Morgan fingerprint density at radius 1 is 1.04 bits per heavy atom. The summed E-state index contributed by atoms with van der Waals surface area (Å²) in [4.78, 5) is 81.8. The molecular weight excluding hydrogens is 739 g/mol. The third-order valence-electron chi connectivity index (χ3n) is 10.2. The zero-order valence-corrected chi connectivity index (χ0v) is 31.1. The Kier molecular flexibility index (Phi) is 11.8. The highest BCUT2D eigenvalue weighted by Crippen LogP contribution is 2.52. The van der Waals surface area contributed by atoms with E-state index in [2.05, 4.69) is 15.6 Å². The van der Waals surface area contributed by atoms with E-state index >= 15 is 0 Å². The topological polar surface area (TPSA) is 236 Å². The SMILES string of the molecule is CC(=N[C@H]1CCN(C(=O)[C@@H]2C[C@H](SC3=C(C(=O)OCc4ccc([N+](=O)[O-])cc4)N4C(=O)[C@H]([C@@H](C)O)[C@H]4[C@H]3C)CN2)C1)NC(=O)OCc1ccc([N+](=O)[O-])cc1. The summed E-state index contributed by atoms with van der Waals surface area (Å²) in [6.07, 6.45) is -0.578. The number of nitrogens with one attached hydrogen (secondary N) is 2. The van der Waals surface area contributed by atoms with Gasteiger partial charge >= 0.3 is 12.1 Å². The number of carbonyl (C=O) groups is 4. The van der Waals surface area contributed by atoms with Crippen molar-refractivity contribution in [2.45, 2.75) is 76.3 Å². The number of carbonyl (C=O) groups excluding carboxylic acids is 4. The lowest BCUT2D eigenvalue weighted by Gasteiger charge is -2.46. The maximum absolute atomic E-state index is 13.6. The van der Waals surface area contributed by atoms with E-state index in [9.17, 15) is 44.5 Å². The lowest BCUT2D eigenvalue weighted by molar-refractivity contribution is -0.385. The summed E-state index contributed by atoms with van der Waals surface area (Å²) in [5, 5.41) is 38.0. The first-order valence-electron chi connectivity index (χ1n) is 17.8. The van der Waals surface area contributed by atoms with Crippen molar-refractivity contribution in [2.75, 3.05) is 19.6 Å². The van der Waals surface area contributed by atoms with Gasteiger partial charge in [0.15, 0.2) is 0 Å². The number of hydrogen-bond donors (Lipinski definition) is 3. The lowest BCUT2D eigenvalue weighted by Crippen LogP contribution is -2.63. The molecule has 19 heteroatoms. The fraction of sp³-hybridized carbons (Fsp3) is 0.472. The lowest BCUT2D eigenvalue weighted by atomic mass is 9.79. The molecule has 3 fully saturated rings. The number of aliphatic hydroxyl groups excluding tert-OH is 1. The van der Waals surface area contributed by atoms with E-state index in [1.165, 1.54) is 65.2 Å². The summed E-state index contributed by atoms with van der Waals surface area (Å²) in [6.45, 7) is 6.15. The molecule has 3 N–H and O–H groups in total. The number of amidine groups is 1. The highest BCUT2D eigenvalue weighted by Gasteiger charge is 2.60. The highest BCUT2D eigenvalue weighted by molar-refractivity contribution is 8.03. The normalized spacial score (nSPS) is 25.3. The number of non-ortho nitro benzene ring substituents is 2. The van der Waals surface area contributed by atoms with Gasteiger partial charge in [-0.2, -0.15) is 0 Å². The number of thioether (sulfide) groups is 1. The molecule has 0 aliphatic carbocycles. The Labute approximate surface area is 319 Å². The molecule has 6 rings (SSSR count). The van der Waals surface area contributed by atoms with Gasteiger partial charge in [-0.15, -0.1) is 11.8 Å². The molecule has 3 saturated heterocycles. The molecular formula is C36H41N7O11S. The molecule has 0 unspecified atom stereocenters. The predicted octanol–water partition coefficient (Wildman–Crippen LogP) is 3.02. The molecule has 2 aromatic rings. The van der Waals surface area contributed by atoms with Gasteiger partial charge in [0.25, 0.3) is 11.4 Å². The van der Waals surface area contributed by atoms with Crippen LogP contribution in [0.2, 0.25) is 0 Å². The van der Waals surface area contributed by atoms with Crippen LogP contribution in [0.5, 0.6) is 0 Å². The summed E-state index contributed by atoms with van der Waals surface area (Å²) in [5.74, 6) is -1.77. The molecule has 55 heavy (non-hydrogen) atoms. The largest absolute Gasteiger partial charge is 0.456 e. The molecule has 4 heterocycles. The Balaban J connectivity index is 1.03. The minimum Gasteiger partial charge on any atom is -0.456 e. The zero-order valence-electron chi connectivity index (χ0n) is 30.3. The number of nitro benzene ring substituents is 2. The average Bonchev–Trinajstić information content (AvgIpc) is 3.87. The molecule has 0 radical (unpaired) electrons. The van der Waals surface area contributed by atoms with Gasteiger partial charge in [0.05, 0.1) is 40.0 Å². The second-order valence-electron chi connectivity index (χ2n) is 14.0. The van der Waals surface area contributed by atoms with Crippen LogP contribution in [0, 0.1) is 32.1 Å². The van der Waals surface area contributed by atoms with Crippen molar-refractivity contribution in [1.29, 1.82) is 0 Å². The van der Waals surface area contributed by atoms with Gasteiger partial charge in [-0.1, -0.05) is 6.92 Å². The number of alkyl carbamates (subject to hydrolysis) is 1. The fourth-order valence-electron chi connectivity index (χ4n) is 7.38. The molecule has 18 nitrogen and oxygen atoms in total. The van der Waals surface area contributed by atoms with Crippen LogP contribution in [0.4, 0.5) is 16.2 Å². The van der Waals surface area contributed by atoms with Crippen LogP contribution >= 0.6 is 11.8 Å². The first-order valence-corrected chi connectivity index (χ1v) is 18.7. The van der Waals surface area contributed by atoms with Gasteiger partial charge in [0.2, 0.25) is 11.8 Å². The summed E-state index contributed by atoms with van der Waals surface area (Å²) in [7, 11) is 0. The van der Waals surface area contributed by atoms with Crippen LogP contribution in [0.1, 0.15) is 44.7 Å². The standard InChI is InChI=1S/C36H41N7O11S/c1-19-30-29(20(2)44)34(46)41(30)31(35(47)53-17-22-4-8-25(9-5-22)42(49)50)32(19)55-27-14-28(37-15-27)33(45)40-13-12-24(16-40)38-21(3)39-36(48)54-18-23-6-10-26(11-7-23)43(51)52/h4-11,19-20,24,27-30,37,44H,12-18H2,1-3H3,(H,38,39,48)/t19-,20-,24+,27+,28+,29-,30-/m1/s1. The summed E-state index contributed by atoms with van der Waals surface area (Å²) in [5.41, 5.74) is 1.09. The van der Waals surface area contributed by atoms with Gasteiger partial charge in [0.1, 0.15) is 24.7 Å². The first-order chi connectivity index (χ1) is 26.2. The van der Waals surface area contributed by atoms with Crippen molar-refractivity contribution in [3.8, 4) is 0 Å². The number of nitrogens with zero attached hydrogens (tertiary/aromatic N) is 5. The molecule has 0 bridgehead atoms. The molecule has 292 valence electrons. The Hall–Kier alpha value is -5.40. The number of aliphatic imine (C=N–C) groups is 1. The van der Waals surface area contributed by atoms with Crippen LogP contribution in [-0.2, 0) is 37.1 Å². The van der Waals surface area contributed by atoms with Crippen molar-refractivity contribution >= 4 is 52.8 Å². The number of nitro groups is 2. The van der Waals surface area contributed by atoms with E-state index in [0.29, 0.717) is 54.3 Å². The number of aliphatic hydroxyl groups is 1. The maximum atomic E-state index is 13.6. The Morgan fingerprint density at radius 2 is 1.64 bits per heavy atom. The molecule has 4 aliphatic heterocycles. The minimum atomic E-state index is -0.912. The Bertz CT molecular complexity index is 1920. The number of fused-ring (bicyclic) bond motifs is 1. The highest BCUT2D eigenvalue weighted by atomic mass is 32.2. The second kappa shape index (κ2) is 16.5. The molecule has 3 amide bonds. The minimum absolute atomic E-state index is 0.0658. The Morgan fingerprint density at radius 3 is 2.22 bits per heavy atom. The van der Waals surface area contributed by atoms with Crippen molar-refractivity contribution < 1.29 is 43.6 Å². The molecule has 0 aromatic heterocycles. The van der Waals surface area contributed by atoms with E-state index in [-0.39, 0.29) is 59.3 Å². The van der Waals surface area contributed by atoms with Gasteiger partial charge in [-0.3, -0.25) is 40.1 Å². The number of β-lactam (4-membered cyclic amide) rings is 1. The quantitative estimate of drug-likeness (QED) is 0.0703. The predicted molar refractivity (Wildman–Crippen MR) is 197 cm³/mol. The summed E-state index contributed by atoms with van der Waals surface area (Å²) < 4.78 is 10.8. The monoisotopic (exact) mass is 779 g/mol. The summed E-state index contributed by atoms with van der Waals surface area (Å²) >= 11 is 1.43. The van der Waals surface area contributed by atoms with Crippen LogP contribution in [0.15, 0.2) is 64.1 Å². The van der Waals surface area contributed by atoms with E-state index in [1.807, 2.05) is 6.92 Å². The molecule has 7 atom stereocenters. The maximum Gasteiger partial charge on any atom is 0.412 e. The van der Waals surface area contributed by atoms with Gasteiger partial charge < -0.3 is 29.7 Å². The van der Waals surface area contributed by atoms with Crippen molar-refractivity contribution in [1.82, 2.24) is 20.4 Å². The molecule has 0 saturated carbocycles. The van der Waals surface area contributed by atoms with Crippen LogP contribution in [0.25, 0.3) is 0 Å². The number of esters is 1. The number of benzene rings is 2. The van der Waals surface area contributed by atoms with Gasteiger partial charge in [0, 0.05) is 60.0 Å². The van der Waals surface area contributed by atoms with Gasteiger partial charge in [-0.05, 0) is 62.1 Å². The van der Waals surface area contributed by atoms with E-state index in [4.69, 9.17) is 9.47 Å². The molecule has 2 aromatic carbocycles. The fourth-order valence-corrected chi connectivity index (χ4v) is 8.86. The number of hydrogen-bond acceptors (Lipinski definition) is 14. The van der Waals surface area contributed by atoms with Crippen molar-refractivity contribution in [3.63, 3.8) is 0 Å².